The van der Waals surface area contributed by atoms with Gasteiger partial charge < -0.3 is 10.6 Å². The number of likely N-dealkylation sites (tertiary alicyclic amines) is 1. The molecule has 1 aliphatic heterocycles. The molecule has 1 fully saturated rings. The number of carbonyl (C=O) groups excluding carboxylic acids is 2. The summed E-state index contributed by atoms with van der Waals surface area (Å²) in [6.07, 6.45) is 3.81. The van der Waals surface area contributed by atoms with Crippen LogP contribution in [0.15, 0.2) is 36.0 Å². The molecule has 1 aliphatic rings. The zero-order valence-corrected chi connectivity index (χ0v) is 15.9. The normalized spacial score (nSPS) is 20.1. The van der Waals surface area contributed by atoms with E-state index in [-0.39, 0.29) is 23.9 Å². The van der Waals surface area contributed by atoms with Crippen molar-refractivity contribution in [3.8, 4) is 0 Å². The van der Waals surface area contributed by atoms with Crippen molar-refractivity contribution in [3.63, 3.8) is 0 Å². The number of amides is 2. The zero-order valence-electron chi connectivity index (χ0n) is 15.1. The molecule has 0 saturated carbocycles. The van der Waals surface area contributed by atoms with E-state index in [4.69, 9.17) is 0 Å². The number of thiophene rings is 1. The summed E-state index contributed by atoms with van der Waals surface area (Å²) in [5.74, 6) is -0.119. The maximum atomic E-state index is 12.5. The maximum Gasteiger partial charge on any atom is 0.253 e. The van der Waals surface area contributed by atoms with Crippen molar-refractivity contribution in [2.75, 3.05) is 13.1 Å². The lowest BCUT2D eigenvalue weighted by Crippen LogP contribution is -2.42. The van der Waals surface area contributed by atoms with Gasteiger partial charge in [-0.2, -0.15) is 0 Å². The maximum absolute atomic E-state index is 12.5. The van der Waals surface area contributed by atoms with Gasteiger partial charge in [0.25, 0.3) is 5.91 Å². The minimum absolute atomic E-state index is 0.0276. The fraction of sp³-hybridized carbons (Fsp3) is 0.421. The van der Waals surface area contributed by atoms with Gasteiger partial charge in [0.05, 0.1) is 11.6 Å². The lowest BCUT2D eigenvalue weighted by molar-refractivity contribution is -0.125. The van der Waals surface area contributed by atoms with E-state index in [2.05, 4.69) is 38.9 Å². The second-order valence-electron chi connectivity index (χ2n) is 6.51. The van der Waals surface area contributed by atoms with E-state index in [9.17, 15) is 9.59 Å². The summed E-state index contributed by atoms with van der Waals surface area (Å²) in [4.78, 5) is 32.3. The smallest absolute Gasteiger partial charge is 0.253 e. The van der Waals surface area contributed by atoms with E-state index in [1.807, 2.05) is 6.92 Å². The molecule has 0 radical (unpaired) electrons. The standard InChI is InChI=1S/C19H24N4O2S/c1-3-21-19(25)16-9-15(22-18(24)14-5-4-7-20-10-14)11-23(16)12-17-13(2)6-8-26-17/h4-8,10,15-16H,3,9,11-12H2,1-2H3,(H,21,25)(H,22,24)/t15-,16-/m0/s1. The van der Waals surface area contributed by atoms with Crippen LogP contribution in [-0.2, 0) is 11.3 Å². The van der Waals surface area contributed by atoms with Crippen molar-refractivity contribution in [2.45, 2.75) is 38.9 Å². The Morgan fingerprint density at radius 1 is 1.38 bits per heavy atom. The fourth-order valence-electron chi connectivity index (χ4n) is 3.26. The molecule has 6 nitrogen and oxygen atoms in total. The first kappa shape index (κ1) is 18.5. The van der Waals surface area contributed by atoms with Crippen molar-refractivity contribution in [2.24, 2.45) is 0 Å². The van der Waals surface area contributed by atoms with Crippen LogP contribution in [-0.4, -0.2) is 46.9 Å². The predicted molar refractivity (Wildman–Crippen MR) is 102 cm³/mol. The highest BCUT2D eigenvalue weighted by Gasteiger charge is 2.37. The number of aryl methyl sites for hydroxylation is 1. The Morgan fingerprint density at radius 2 is 2.23 bits per heavy atom. The Morgan fingerprint density at radius 3 is 2.88 bits per heavy atom. The highest BCUT2D eigenvalue weighted by molar-refractivity contribution is 7.10. The number of aromatic nitrogens is 1. The molecule has 138 valence electrons. The summed E-state index contributed by atoms with van der Waals surface area (Å²) in [6.45, 7) is 6.00. The zero-order chi connectivity index (χ0) is 18.5. The number of pyridine rings is 1. The molecule has 3 rings (SSSR count). The van der Waals surface area contributed by atoms with Crippen molar-refractivity contribution in [1.29, 1.82) is 0 Å². The van der Waals surface area contributed by atoms with Crippen LogP contribution < -0.4 is 10.6 Å². The molecular weight excluding hydrogens is 348 g/mol. The van der Waals surface area contributed by atoms with Gasteiger partial charge in [-0.3, -0.25) is 19.5 Å². The van der Waals surface area contributed by atoms with Gasteiger partial charge in [0, 0.05) is 42.9 Å². The first-order chi connectivity index (χ1) is 12.6. The summed E-state index contributed by atoms with van der Waals surface area (Å²) in [5, 5.41) is 8.04. The first-order valence-electron chi connectivity index (χ1n) is 8.84. The Kier molecular flexibility index (Phi) is 6.00. The minimum atomic E-state index is -0.226. The van der Waals surface area contributed by atoms with Gasteiger partial charge in [-0.15, -0.1) is 11.3 Å². The molecule has 2 atom stereocenters. The molecule has 2 aromatic heterocycles. The summed E-state index contributed by atoms with van der Waals surface area (Å²) in [6, 6.07) is 5.29. The topological polar surface area (TPSA) is 74.3 Å². The van der Waals surface area contributed by atoms with E-state index in [1.165, 1.54) is 10.4 Å². The molecule has 0 unspecified atom stereocenters. The Hall–Kier alpha value is -2.25. The molecule has 2 amide bonds. The van der Waals surface area contributed by atoms with Crippen molar-refractivity contribution < 1.29 is 9.59 Å². The molecule has 7 heteroatoms. The summed E-state index contributed by atoms with van der Waals surface area (Å²) < 4.78 is 0. The SMILES string of the molecule is CCNC(=O)[C@@H]1C[C@H](NC(=O)c2cccnc2)CN1Cc1sccc1C. The minimum Gasteiger partial charge on any atom is -0.355 e. The highest BCUT2D eigenvalue weighted by Crippen LogP contribution is 2.25. The quantitative estimate of drug-likeness (QED) is 0.813. The number of hydrogen-bond donors (Lipinski definition) is 2. The number of nitrogens with zero attached hydrogens (tertiary/aromatic N) is 2. The fourth-order valence-corrected chi connectivity index (χ4v) is 4.19. The Balaban J connectivity index is 1.70. The lowest BCUT2D eigenvalue weighted by Gasteiger charge is -2.23. The van der Waals surface area contributed by atoms with E-state index in [0.29, 0.717) is 25.1 Å². The van der Waals surface area contributed by atoms with Gasteiger partial charge in [-0.25, -0.2) is 0 Å². The summed E-state index contributed by atoms with van der Waals surface area (Å²) >= 11 is 1.71. The van der Waals surface area contributed by atoms with E-state index in [1.54, 1.807) is 35.9 Å². The van der Waals surface area contributed by atoms with E-state index < -0.39 is 0 Å². The van der Waals surface area contributed by atoms with Crippen LogP contribution in [0.25, 0.3) is 0 Å². The Bertz CT molecular complexity index is 762. The third-order valence-electron chi connectivity index (χ3n) is 4.63. The second-order valence-corrected chi connectivity index (χ2v) is 7.52. The molecule has 0 spiro atoms. The number of nitrogens with one attached hydrogen (secondary N) is 2. The van der Waals surface area contributed by atoms with Crippen LogP contribution in [0.2, 0.25) is 0 Å². The third kappa shape index (κ3) is 4.28. The van der Waals surface area contributed by atoms with Gasteiger partial charge in [-0.05, 0) is 49.4 Å². The van der Waals surface area contributed by atoms with Crippen LogP contribution >= 0.6 is 11.3 Å². The number of hydrogen-bond acceptors (Lipinski definition) is 5. The van der Waals surface area contributed by atoms with E-state index >= 15 is 0 Å². The molecule has 3 heterocycles. The lowest BCUT2D eigenvalue weighted by atomic mass is 10.1. The van der Waals surface area contributed by atoms with Crippen molar-refractivity contribution in [3.05, 3.63) is 52.0 Å². The molecule has 0 bridgehead atoms. The van der Waals surface area contributed by atoms with Gasteiger partial charge in [-0.1, -0.05) is 0 Å². The van der Waals surface area contributed by atoms with Crippen LogP contribution in [0.4, 0.5) is 0 Å². The second kappa shape index (κ2) is 8.42. The average molecular weight is 372 g/mol. The van der Waals surface area contributed by atoms with Gasteiger partial charge in [0.15, 0.2) is 0 Å². The highest BCUT2D eigenvalue weighted by atomic mass is 32.1. The number of carbonyl (C=O) groups is 2. The van der Waals surface area contributed by atoms with Gasteiger partial charge in [0.2, 0.25) is 5.91 Å². The van der Waals surface area contributed by atoms with Crippen LogP contribution in [0.3, 0.4) is 0 Å². The van der Waals surface area contributed by atoms with Crippen LogP contribution in [0.1, 0.15) is 34.1 Å². The van der Waals surface area contributed by atoms with Crippen LogP contribution in [0.5, 0.6) is 0 Å². The van der Waals surface area contributed by atoms with Gasteiger partial charge in [0.1, 0.15) is 0 Å². The first-order valence-corrected chi connectivity index (χ1v) is 9.72. The molecule has 2 aromatic rings. The molecule has 2 N–H and O–H groups in total. The van der Waals surface area contributed by atoms with Crippen molar-refractivity contribution >= 4 is 23.2 Å². The number of rotatable bonds is 6. The monoisotopic (exact) mass is 372 g/mol. The van der Waals surface area contributed by atoms with Crippen molar-refractivity contribution in [1.82, 2.24) is 20.5 Å². The molecule has 1 saturated heterocycles. The van der Waals surface area contributed by atoms with E-state index in [0.717, 1.165) is 6.54 Å². The molecule has 0 aliphatic carbocycles. The molecule has 0 aromatic carbocycles. The summed E-state index contributed by atoms with van der Waals surface area (Å²) in [7, 11) is 0. The van der Waals surface area contributed by atoms with Crippen LogP contribution in [0, 0.1) is 6.92 Å². The molecular formula is C19H24N4O2S. The average Bonchev–Trinajstić information content (AvgIpc) is 3.22. The number of likely N-dealkylation sites (N-methyl/N-ethyl adjacent to an activating group) is 1. The largest absolute Gasteiger partial charge is 0.355 e. The van der Waals surface area contributed by atoms with Gasteiger partial charge >= 0.3 is 0 Å². The Labute approximate surface area is 157 Å². The molecule has 26 heavy (non-hydrogen) atoms. The predicted octanol–water partition coefficient (Wildman–Crippen LogP) is 1.96. The summed E-state index contributed by atoms with van der Waals surface area (Å²) in [5.41, 5.74) is 1.78. The third-order valence-corrected chi connectivity index (χ3v) is 5.64.